The lowest BCUT2D eigenvalue weighted by Gasteiger charge is -2.45. The molecule has 1 aliphatic heterocycles. The van der Waals surface area contributed by atoms with Crippen molar-refractivity contribution in [2.75, 3.05) is 0 Å². The first-order valence-corrected chi connectivity index (χ1v) is 12.1. The van der Waals surface area contributed by atoms with Gasteiger partial charge in [0.25, 0.3) is 0 Å². The van der Waals surface area contributed by atoms with E-state index < -0.39 is 28.1 Å². The Kier molecular flexibility index (Phi) is 5.64. The molecule has 1 aromatic carbocycles. The molecule has 0 spiro atoms. The van der Waals surface area contributed by atoms with Crippen molar-refractivity contribution in [2.45, 2.75) is 75.0 Å². The van der Waals surface area contributed by atoms with E-state index in [9.17, 15) is 17.2 Å². The molecule has 3 unspecified atom stereocenters. The minimum atomic E-state index is -3.85. The normalized spacial score (nSPS) is 29.9. The highest BCUT2D eigenvalue weighted by atomic mass is 35.5. The summed E-state index contributed by atoms with van der Waals surface area (Å²) < 4.78 is 57.2. The summed E-state index contributed by atoms with van der Waals surface area (Å²) >= 11 is 5.96. The molecule has 7 heteroatoms. The van der Waals surface area contributed by atoms with Crippen LogP contribution in [-0.4, -0.2) is 31.0 Å². The quantitative estimate of drug-likeness (QED) is 0.565. The van der Waals surface area contributed by atoms with Crippen molar-refractivity contribution >= 4 is 21.6 Å². The van der Waals surface area contributed by atoms with E-state index in [1.165, 1.54) is 24.3 Å². The molecule has 3 aliphatic rings. The number of allylic oxidation sites excluding steroid dienone is 2. The smallest absolute Gasteiger partial charge is 0.242 e. The van der Waals surface area contributed by atoms with E-state index in [1.807, 2.05) is 0 Å². The summed E-state index contributed by atoms with van der Waals surface area (Å²) in [6.07, 6.45) is 6.08. The molecule has 3 atom stereocenters. The topological polar surface area (TPSA) is 37.4 Å². The molecule has 0 amide bonds. The van der Waals surface area contributed by atoms with Crippen LogP contribution in [0.25, 0.3) is 0 Å². The van der Waals surface area contributed by atoms with E-state index in [0.29, 0.717) is 17.0 Å². The van der Waals surface area contributed by atoms with Crippen LogP contribution in [0, 0.1) is 5.41 Å². The molecule has 29 heavy (non-hydrogen) atoms. The monoisotopic (exact) mass is 441 g/mol. The Labute approximate surface area is 176 Å². The van der Waals surface area contributed by atoms with Crippen molar-refractivity contribution in [3.63, 3.8) is 0 Å². The van der Waals surface area contributed by atoms with Crippen LogP contribution in [0.15, 0.2) is 52.7 Å². The minimum Gasteiger partial charge on any atom is -0.242 e. The average Bonchev–Trinajstić information content (AvgIpc) is 3.48. The van der Waals surface area contributed by atoms with Gasteiger partial charge in [-0.25, -0.2) is 17.2 Å². The largest absolute Gasteiger partial charge is 0.243 e. The molecule has 1 heterocycles. The Bertz CT molecular complexity index is 938. The standard InChI is InChI=1S/C22H26ClF2NO2S/c1-2-22(10-11-22)21-5-3-4-20(15-12-17(24)14-18(25)13-15)26(21)29(27,28)19-8-6-16(23)7-9-19/h6-9,12-13,17,20-21H,2-5,10-11,14H2,1H3. The SMILES string of the molecule is CCC1(C2CCCC(C3=CC(F)CC(F)=C3)N2S(=O)(=O)c2ccc(Cl)cc2)CC1. The molecule has 0 aromatic heterocycles. The van der Waals surface area contributed by atoms with Gasteiger partial charge in [0.2, 0.25) is 10.0 Å². The van der Waals surface area contributed by atoms with Crippen molar-refractivity contribution in [1.29, 1.82) is 0 Å². The molecule has 3 nitrogen and oxygen atoms in total. The molecule has 2 aliphatic carbocycles. The fourth-order valence-corrected chi connectivity index (χ4v) is 7.04. The maximum absolute atomic E-state index is 14.1. The van der Waals surface area contributed by atoms with Gasteiger partial charge in [0.05, 0.1) is 10.9 Å². The number of hydrogen-bond acceptors (Lipinski definition) is 2. The van der Waals surface area contributed by atoms with Crippen LogP contribution in [-0.2, 0) is 10.0 Å². The summed E-state index contributed by atoms with van der Waals surface area (Å²) in [5.74, 6) is -0.530. The molecule has 1 aromatic rings. The lowest BCUT2D eigenvalue weighted by Crippen LogP contribution is -2.54. The van der Waals surface area contributed by atoms with Crippen LogP contribution in [0.2, 0.25) is 5.02 Å². The highest BCUT2D eigenvalue weighted by Crippen LogP contribution is 2.57. The number of benzene rings is 1. The Balaban J connectivity index is 1.81. The second-order valence-electron chi connectivity index (χ2n) is 8.45. The van der Waals surface area contributed by atoms with Crippen LogP contribution in [0.3, 0.4) is 0 Å². The molecule has 0 radical (unpaired) electrons. The summed E-state index contributed by atoms with van der Waals surface area (Å²) in [6.45, 7) is 2.10. The molecule has 158 valence electrons. The van der Waals surface area contributed by atoms with E-state index in [2.05, 4.69) is 6.92 Å². The highest BCUT2D eigenvalue weighted by molar-refractivity contribution is 7.89. The first-order chi connectivity index (χ1) is 13.8. The predicted octanol–water partition coefficient (Wildman–Crippen LogP) is 5.96. The van der Waals surface area contributed by atoms with Crippen molar-refractivity contribution in [3.8, 4) is 0 Å². The molecule has 0 bridgehead atoms. The molecule has 0 N–H and O–H groups in total. The summed E-state index contributed by atoms with van der Waals surface area (Å²) in [6, 6.07) is 5.43. The van der Waals surface area contributed by atoms with Gasteiger partial charge in [-0.1, -0.05) is 18.5 Å². The number of halogens is 3. The predicted molar refractivity (Wildman–Crippen MR) is 111 cm³/mol. The van der Waals surface area contributed by atoms with E-state index in [1.54, 1.807) is 16.4 Å². The third-order valence-electron chi connectivity index (χ3n) is 6.73. The van der Waals surface area contributed by atoms with Crippen LogP contribution >= 0.6 is 11.6 Å². The lowest BCUT2D eigenvalue weighted by molar-refractivity contribution is 0.131. The molecular weight excluding hydrogens is 416 g/mol. The van der Waals surface area contributed by atoms with Gasteiger partial charge in [0, 0.05) is 17.5 Å². The van der Waals surface area contributed by atoms with Gasteiger partial charge in [-0.15, -0.1) is 0 Å². The van der Waals surface area contributed by atoms with E-state index >= 15 is 0 Å². The summed E-state index contributed by atoms with van der Waals surface area (Å²) in [4.78, 5) is 0.170. The Morgan fingerprint density at radius 1 is 1.21 bits per heavy atom. The van der Waals surface area contributed by atoms with Crippen molar-refractivity contribution < 1.29 is 17.2 Å². The second kappa shape index (κ2) is 7.78. The van der Waals surface area contributed by atoms with E-state index in [4.69, 9.17) is 11.6 Å². The van der Waals surface area contributed by atoms with Gasteiger partial charge in [-0.05, 0) is 85.9 Å². The zero-order valence-corrected chi connectivity index (χ0v) is 18.0. The van der Waals surface area contributed by atoms with Gasteiger partial charge in [0.1, 0.15) is 12.0 Å². The first kappa shape index (κ1) is 21.0. The van der Waals surface area contributed by atoms with E-state index in [0.717, 1.165) is 32.1 Å². The van der Waals surface area contributed by atoms with Crippen molar-refractivity contribution in [1.82, 2.24) is 4.31 Å². The van der Waals surface area contributed by atoms with Crippen LogP contribution in [0.5, 0.6) is 0 Å². The number of rotatable bonds is 5. The number of piperidine rings is 1. The third-order valence-corrected chi connectivity index (χ3v) is 8.92. The van der Waals surface area contributed by atoms with Crippen LogP contribution < -0.4 is 0 Å². The molecule has 1 saturated carbocycles. The van der Waals surface area contributed by atoms with Gasteiger partial charge in [0.15, 0.2) is 0 Å². The maximum atomic E-state index is 14.1. The lowest BCUT2D eigenvalue weighted by atomic mass is 9.82. The molecule has 2 fully saturated rings. The first-order valence-electron chi connectivity index (χ1n) is 10.3. The maximum Gasteiger partial charge on any atom is 0.243 e. The number of hydrogen-bond donors (Lipinski definition) is 0. The molecular formula is C22H26ClF2NO2S. The van der Waals surface area contributed by atoms with Crippen molar-refractivity contribution in [2.24, 2.45) is 5.41 Å². The van der Waals surface area contributed by atoms with Gasteiger partial charge >= 0.3 is 0 Å². The number of sulfonamides is 1. The van der Waals surface area contributed by atoms with Crippen molar-refractivity contribution in [3.05, 3.63) is 52.8 Å². The van der Waals surface area contributed by atoms with Gasteiger partial charge in [-0.2, -0.15) is 4.31 Å². The zero-order chi connectivity index (χ0) is 20.8. The Morgan fingerprint density at radius 2 is 1.90 bits per heavy atom. The van der Waals surface area contributed by atoms with Crippen LogP contribution in [0.1, 0.15) is 51.9 Å². The zero-order valence-electron chi connectivity index (χ0n) is 16.5. The fourth-order valence-electron chi connectivity index (χ4n) is 4.96. The average molecular weight is 442 g/mol. The molecule has 4 rings (SSSR count). The third kappa shape index (κ3) is 3.91. The Morgan fingerprint density at radius 3 is 2.48 bits per heavy atom. The second-order valence-corrected chi connectivity index (χ2v) is 10.7. The minimum absolute atomic E-state index is 0.0369. The summed E-state index contributed by atoms with van der Waals surface area (Å²) in [7, 11) is -3.85. The molecule has 1 saturated heterocycles. The fraction of sp³-hybridized carbons (Fsp3) is 0.545. The Hall–Kier alpha value is -1.24. The highest BCUT2D eigenvalue weighted by Gasteiger charge is 2.55. The van der Waals surface area contributed by atoms with Gasteiger partial charge < -0.3 is 0 Å². The summed E-state index contributed by atoms with van der Waals surface area (Å²) in [5, 5.41) is 0.461. The number of nitrogens with zero attached hydrogens (tertiary/aromatic N) is 1. The van der Waals surface area contributed by atoms with Gasteiger partial charge in [-0.3, -0.25) is 0 Å². The summed E-state index contributed by atoms with van der Waals surface area (Å²) in [5.41, 5.74) is 0.403. The van der Waals surface area contributed by atoms with Crippen LogP contribution in [0.4, 0.5) is 8.78 Å². The number of alkyl halides is 1. The van der Waals surface area contributed by atoms with E-state index in [-0.39, 0.29) is 22.8 Å².